The molecule has 1 saturated heterocycles. The van der Waals surface area contributed by atoms with Crippen LogP contribution in [0, 0.1) is 0 Å². The smallest absolute Gasteiger partial charge is 0.412 e. The first-order chi connectivity index (χ1) is 10.3. The highest BCUT2D eigenvalue weighted by Crippen LogP contribution is 2.25. The summed E-state index contributed by atoms with van der Waals surface area (Å²) in [5, 5.41) is 0. The Labute approximate surface area is 127 Å². The Balaban J connectivity index is 3.09. The normalized spacial score (nSPS) is 24.2. The molecule has 1 aliphatic rings. The molecule has 3 atom stereocenters. The van der Waals surface area contributed by atoms with E-state index in [2.05, 4.69) is 4.74 Å². The number of rotatable bonds is 3. The molecule has 0 aliphatic carbocycles. The van der Waals surface area contributed by atoms with E-state index in [-0.39, 0.29) is 13.0 Å². The van der Waals surface area contributed by atoms with Crippen LogP contribution < -0.4 is 0 Å². The van der Waals surface area contributed by atoms with Crippen molar-refractivity contribution in [3.8, 4) is 0 Å². The van der Waals surface area contributed by atoms with E-state index in [0.29, 0.717) is 0 Å². The Morgan fingerprint density at radius 2 is 1.45 bits per heavy atom. The highest BCUT2D eigenvalue weighted by molar-refractivity contribution is 5.71. The fourth-order valence-corrected chi connectivity index (χ4v) is 2.20. The van der Waals surface area contributed by atoms with Gasteiger partial charge in [0.05, 0.1) is 7.11 Å². The maximum absolute atomic E-state index is 11.8. The Hall–Kier alpha value is -2.32. The topological polar surface area (TPSA) is 108 Å². The van der Waals surface area contributed by atoms with Gasteiger partial charge in [0.25, 0.3) is 0 Å². The van der Waals surface area contributed by atoms with Gasteiger partial charge in [0, 0.05) is 33.7 Å². The Bertz CT molecular complexity index is 463. The zero-order valence-electron chi connectivity index (χ0n) is 12.9. The average molecular weight is 317 g/mol. The van der Waals surface area contributed by atoms with Gasteiger partial charge in [-0.15, -0.1) is 0 Å². The van der Waals surface area contributed by atoms with Gasteiger partial charge in [-0.05, 0) is 0 Å². The lowest BCUT2D eigenvalue weighted by Crippen LogP contribution is -2.60. The number of piperidine rings is 1. The number of nitrogens with zero attached hydrogens (tertiary/aromatic N) is 1. The molecule has 0 aromatic rings. The van der Waals surface area contributed by atoms with Gasteiger partial charge in [0.2, 0.25) is 6.23 Å². The fourth-order valence-electron chi connectivity index (χ4n) is 2.20. The molecule has 0 saturated carbocycles. The molecular weight excluding hydrogens is 298 g/mol. The minimum atomic E-state index is -1.23. The van der Waals surface area contributed by atoms with E-state index in [1.54, 1.807) is 0 Å². The summed E-state index contributed by atoms with van der Waals surface area (Å²) >= 11 is 0. The van der Waals surface area contributed by atoms with Gasteiger partial charge >= 0.3 is 24.0 Å². The third kappa shape index (κ3) is 4.61. The second kappa shape index (κ2) is 7.62. The summed E-state index contributed by atoms with van der Waals surface area (Å²) in [5.74, 6) is -1.92. The van der Waals surface area contributed by atoms with Gasteiger partial charge in [-0.25, -0.2) is 4.79 Å². The number of carbonyl (C=O) groups excluding carboxylic acids is 4. The summed E-state index contributed by atoms with van der Waals surface area (Å²) in [7, 11) is 1.17. The van der Waals surface area contributed by atoms with Crippen molar-refractivity contribution in [1.29, 1.82) is 0 Å². The monoisotopic (exact) mass is 317 g/mol. The molecule has 1 rings (SSSR count). The molecule has 1 aliphatic heterocycles. The van der Waals surface area contributed by atoms with E-state index >= 15 is 0 Å². The number of amides is 1. The molecule has 0 aromatic carbocycles. The number of likely N-dealkylation sites (tertiary alicyclic amines) is 1. The van der Waals surface area contributed by atoms with Crippen LogP contribution in [0.1, 0.15) is 27.2 Å². The van der Waals surface area contributed by atoms with Gasteiger partial charge in [0.15, 0.2) is 6.10 Å². The molecule has 0 spiro atoms. The molecule has 0 radical (unpaired) electrons. The summed E-state index contributed by atoms with van der Waals surface area (Å²) in [4.78, 5) is 46.6. The lowest BCUT2D eigenvalue weighted by atomic mass is 10.0. The number of hydrogen-bond donors (Lipinski definition) is 0. The van der Waals surface area contributed by atoms with Crippen LogP contribution in [0.15, 0.2) is 0 Å². The minimum absolute atomic E-state index is 0.111. The molecule has 22 heavy (non-hydrogen) atoms. The van der Waals surface area contributed by atoms with Gasteiger partial charge in [-0.1, -0.05) is 0 Å². The predicted octanol–water partition coefficient (Wildman–Crippen LogP) is 0.211. The van der Waals surface area contributed by atoms with E-state index in [1.807, 2.05) is 0 Å². The Morgan fingerprint density at radius 1 is 0.909 bits per heavy atom. The maximum Gasteiger partial charge on any atom is 0.412 e. The van der Waals surface area contributed by atoms with Crippen molar-refractivity contribution in [2.24, 2.45) is 0 Å². The van der Waals surface area contributed by atoms with Crippen molar-refractivity contribution in [2.75, 3.05) is 13.7 Å². The third-order valence-corrected chi connectivity index (χ3v) is 2.92. The van der Waals surface area contributed by atoms with E-state index in [1.165, 1.54) is 14.0 Å². The molecular formula is C13H19NO8. The first kappa shape index (κ1) is 17.7. The van der Waals surface area contributed by atoms with Crippen molar-refractivity contribution in [3.05, 3.63) is 0 Å². The van der Waals surface area contributed by atoms with E-state index in [0.717, 1.165) is 18.7 Å². The van der Waals surface area contributed by atoms with Crippen LogP contribution in [0.2, 0.25) is 0 Å². The second-order valence-corrected chi connectivity index (χ2v) is 4.67. The van der Waals surface area contributed by atoms with Crippen LogP contribution in [0.5, 0.6) is 0 Å². The highest BCUT2D eigenvalue weighted by atomic mass is 16.6. The summed E-state index contributed by atoms with van der Waals surface area (Å²) in [6.07, 6.45) is -3.72. The summed E-state index contributed by atoms with van der Waals surface area (Å²) in [6, 6.07) is 0. The van der Waals surface area contributed by atoms with Gasteiger partial charge < -0.3 is 18.9 Å². The van der Waals surface area contributed by atoms with Crippen molar-refractivity contribution in [3.63, 3.8) is 0 Å². The lowest BCUT2D eigenvalue weighted by molar-refractivity contribution is -0.208. The number of ether oxygens (including phenoxy) is 4. The van der Waals surface area contributed by atoms with Crippen LogP contribution >= 0.6 is 0 Å². The van der Waals surface area contributed by atoms with E-state index in [4.69, 9.17) is 14.2 Å². The number of esters is 3. The van der Waals surface area contributed by atoms with Gasteiger partial charge in [-0.3, -0.25) is 19.3 Å². The highest BCUT2D eigenvalue weighted by Gasteiger charge is 2.46. The molecule has 3 unspecified atom stereocenters. The summed E-state index contributed by atoms with van der Waals surface area (Å²) in [5.41, 5.74) is 0. The summed E-state index contributed by atoms with van der Waals surface area (Å²) < 4.78 is 19.9. The molecule has 0 bridgehead atoms. The average Bonchev–Trinajstić information content (AvgIpc) is 2.40. The maximum atomic E-state index is 11.8. The van der Waals surface area contributed by atoms with Crippen molar-refractivity contribution in [2.45, 2.75) is 45.6 Å². The van der Waals surface area contributed by atoms with Gasteiger partial charge in [0.1, 0.15) is 6.10 Å². The first-order valence-electron chi connectivity index (χ1n) is 6.62. The lowest BCUT2D eigenvalue weighted by Gasteiger charge is -2.41. The summed E-state index contributed by atoms with van der Waals surface area (Å²) in [6.45, 7) is 3.63. The molecule has 9 heteroatoms. The molecule has 1 fully saturated rings. The van der Waals surface area contributed by atoms with E-state index < -0.39 is 42.4 Å². The van der Waals surface area contributed by atoms with Crippen molar-refractivity contribution in [1.82, 2.24) is 4.90 Å². The van der Waals surface area contributed by atoms with Crippen LogP contribution in [0.25, 0.3) is 0 Å². The Morgan fingerprint density at radius 3 is 1.91 bits per heavy atom. The SMILES string of the molecule is COC(=O)N1CCC(OC(C)=O)C(OC(C)=O)C1OC(C)=O. The van der Waals surface area contributed by atoms with Crippen LogP contribution in [-0.2, 0) is 33.3 Å². The van der Waals surface area contributed by atoms with Crippen molar-refractivity contribution < 1.29 is 38.1 Å². The third-order valence-electron chi connectivity index (χ3n) is 2.92. The van der Waals surface area contributed by atoms with Gasteiger partial charge in [-0.2, -0.15) is 0 Å². The first-order valence-corrected chi connectivity index (χ1v) is 6.62. The quantitative estimate of drug-likeness (QED) is 0.537. The number of hydrogen-bond acceptors (Lipinski definition) is 8. The zero-order valence-corrected chi connectivity index (χ0v) is 12.9. The molecule has 0 aromatic heterocycles. The Kier molecular flexibility index (Phi) is 6.14. The standard InChI is InChI=1S/C13H19NO8/c1-7(15)20-10-5-6-14(13(18)19-4)12(22-9(3)17)11(10)21-8(2)16/h10-12H,5-6H2,1-4H3. The van der Waals surface area contributed by atoms with Crippen LogP contribution in [-0.4, -0.2) is 61.0 Å². The van der Waals surface area contributed by atoms with Crippen LogP contribution in [0.3, 0.4) is 0 Å². The number of methoxy groups -OCH3 is 1. The largest absolute Gasteiger partial charge is 0.458 e. The molecule has 1 amide bonds. The minimum Gasteiger partial charge on any atom is -0.458 e. The molecule has 9 nitrogen and oxygen atoms in total. The predicted molar refractivity (Wildman–Crippen MR) is 70.4 cm³/mol. The van der Waals surface area contributed by atoms with E-state index in [9.17, 15) is 19.2 Å². The number of carbonyl (C=O) groups is 4. The molecule has 124 valence electrons. The fraction of sp³-hybridized carbons (Fsp3) is 0.692. The van der Waals surface area contributed by atoms with Crippen LogP contribution in [0.4, 0.5) is 4.79 Å². The second-order valence-electron chi connectivity index (χ2n) is 4.67. The van der Waals surface area contributed by atoms with Crippen molar-refractivity contribution >= 4 is 24.0 Å². The molecule has 1 heterocycles. The zero-order chi connectivity index (χ0) is 16.9. The molecule has 0 N–H and O–H groups in total.